The van der Waals surface area contributed by atoms with E-state index in [0.29, 0.717) is 16.6 Å². The van der Waals surface area contributed by atoms with Gasteiger partial charge < -0.3 is 9.73 Å². The Balaban J connectivity index is 2.14. The standard InChI is InChI=1S/C12H10BrCl2NO/c1-7-4-10(15)11(5-9(7)14)16-6-12-8(13)2-3-17-12/h2-5,16H,6H2,1H3. The first-order valence-electron chi connectivity index (χ1n) is 4.99. The third kappa shape index (κ3) is 2.97. The fraction of sp³-hybridized carbons (Fsp3) is 0.167. The number of furan rings is 1. The summed E-state index contributed by atoms with van der Waals surface area (Å²) in [6.45, 7) is 2.47. The minimum absolute atomic E-state index is 0.548. The van der Waals surface area contributed by atoms with Gasteiger partial charge in [-0.05, 0) is 46.6 Å². The van der Waals surface area contributed by atoms with E-state index < -0.39 is 0 Å². The molecule has 1 aromatic carbocycles. The van der Waals surface area contributed by atoms with Crippen molar-refractivity contribution in [2.75, 3.05) is 5.32 Å². The summed E-state index contributed by atoms with van der Waals surface area (Å²) in [5.41, 5.74) is 1.76. The third-order valence-corrected chi connectivity index (χ3v) is 3.81. The van der Waals surface area contributed by atoms with Gasteiger partial charge in [0.1, 0.15) is 5.76 Å². The molecule has 0 spiro atoms. The summed E-state index contributed by atoms with van der Waals surface area (Å²) in [5.74, 6) is 0.817. The van der Waals surface area contributed by atoms with E-state index in [1.54, 1.807) is 6.26 Å². The quantitative estimate of drug-likeness (QED) is 0.827. The Hall–Kier alpha value is -0.640. The van der Waals surface area contributed by atoms with Crippen LogP contribution in [0.25, 0.3) is 0 Å². The lowest BCUT2D eigenvalue weighted by molar-refractivity contribution is 0.516. The van der Waals surface area contributed by atoms with Crippen molar-refractivity contribution in [3.8, 4) is 0 Å². The normalized spacial score (nSPS) is 10.6. The first-order chi connectivity index (χ1) is 8.08. The lowest BCUT2D eigenvalue weighted by Gasteiger charge is -2.09. The van der Waals surface area contributed by atoms with Crippen LogP contribution >= 0.6 is 39.1 Å². The van der Waals surface area contributed by atoms with E-state index in [1.807, 2.05) is 25.1 Å². The molecule has 1 heterocycles. The van der Waals surface area contributed by atoms with Crippen molar-refractivity contribution in [3.63, 3.8) is 0 Å². The van der Waals surface area contributed by atoms with Crippen molar-refractivity contribution in [3.05, 3.63) is 50.3 Å². The fourth-order valence-electron chi connectivity index (χ4n) is 1.41. The van der Waals surface area contributed by atoms with E-state index in [9.17, 15) is 0 Å². The Morgan fingerprint density at radius 1 is 1.29 bits per heavy atom. The number of anilines is 1. The van der Waals surface area contributed by atoms with Gasteiger partial charge in [-0.2, -0.15) is 0 Å². The Kier molecular flexibility index (Phi) is 4.02. The van der Waals surface area contributed by atoms with E-state index >= 15 is 0 Å². The third-order valence-electron chi connectivity index (χ3n) is 2.38. The zero-order chi connectivity index (χ0) is 12.4. The lowest BCUT2D eigenvalue weighted by Crippen LogP contribution is -1.99. The maximum Gasteiger partial charge on any atom is 0.136 e. The Morgan fingerprint density at radius 3 is 2.71 bits per heavy atom. The average Bonchev–Trinajstić information content (AvgIpc) is 2.68. The fourth-order valence-corrected chi connectivity index (χ4v) is 2.20. The van der Waals surface area contributed by atoms with Crippen LogP contribution in [0.2, 0.25) is 10.0 Å². The monoisotopic (exact) mass is 333 g/mol. The molecule has 0 bridgehead atoms. The van der Waals surface area contributed by atoms with Gasteiger partial charge in [0.25, 0.3) is 0 Å². The van der Waals surface area contributed by atoms with E-state index in [2.05, 4.69) is 21.2 Å². The maximum atomic E-state index is 6.12. The Morgan fingerprint density at radius 2 is 2.06 bits per heavy atom. The summed E-state index contributed by atoms with van der Waals surface area (Å²) >= 11 is 15.6. The summed E-state index contributed by atoms with van der Waals surface area (Å²) < 4.78 is 6.22. The summed E-state index contributed by atoms with van der Waals surface area (Å²) in [5, 5.41) is 4.52. The van der Waals surface area contributed by atoms with Crippen molar-refractivity contribution >= 4 is 44.8 Å². The molecule has 1 N–H and O–H groups in total. The van der Waals surface area contributed by atoms with Crippen LogP contribution in [0, 0.1) is 6.92 Å². The molecule has 0 radical (unpaired) electrons. The number of halogens is 3. The smallest absolute Gasteiger partial charge is 0.136 e. The molecule has 5 heteroatoms. The molecule has 0 aliphatic heterocycles. The summed E-state index contributed by atoms with van der Waals surface area (Å²) in [6.07, 6.45) is 1.63. The molecule has 2 rings (SSSR count). The van der Waals surface area contributed by atoms with Crippen LogP contribution in [0.15, 0.2) is 33.4 Å². The lowest BCUT2D eigenvalue weighted by atomic mass is 10.2. The predicted octanol–water partition coefficient (Wildman–Crippen LogP) is 5.27. The summed E-state index contributed by atoms with van der Waals surface area (Å²) in [4.78, 5) is 0. The van der Waals surface area contributed by atoms with Gasteiger partial charge in [0.2, 0.25) is 0 Å². The van der Waals surface area contributed by atoms with Crippen LogP contribution in [-0.4, -0.2) is 0 Å². The zero-order valence-electron chi connectivity index (χ0n) is 9.06. The first-order valence-corrected chi connectivity index (χ1v) is 6.54. The van der Waals surface area contributed by atoms with Crippen molar-refractivity contribution in [2.24, 2.45) is 0 Å². The molecule has 0 aliphatic carbocycles. The molecule has 2 aromatic rings. The van der Waals surface area contributed by atoms with Gasteiger partial charge in [-0.25, -0.2) is 0 Å². The zero-order valence-corrected chi connectivity index (χ0v) is 12.2. The second kappa shape index (κ2) is 5.34. The SMILES string of the molecule is Cc1cc(Cl)c(NCc2occc2Br)cc1Cl. The van der Waals surface area contributed by atoms with Crippen LogP contribution < -0.4 is 5.32 Å². The van der Waals surface area contributed by atoms with E-state index in [1.165, 1.54) is 0 Å². The van der Waals surface area contributed by atoms with Crippen LogP contribution in [-0.2, 0) is 6.54 Å². The Bertz CT molecular complexity index is 539. The molecule has 0 atom stereocenters. The molecular formula is C12H10BrCl2NO. The molecule has 17 heavy (non-hydrogen) atoms. The second-order valence-corrected chi connectivity index (χ2v) is 5.30. The summed E-state index contributed by atoms with van der Waals surface area (Å²) in [6, 6.07) is 5.50. The molecule has 0 saturated heterocycles. The van der Waals surface area contributed by atoms with Crippen molar-refractivity contribution in [2.45, 2.75) is 13.5 Å². The number of nitrogens with one attached hydrogen (secondary N) is 1. The van der Waals surface area contributed by atoms with Gasteiger partial charge in [0.05, 0.1) is 28.0 Å². The van der Waals surface area contributed by atoms with Gasteiger partial charge in [-0.1, -0.05) is 23.2 Å². The predicted molar refractivity (Wildman–Crippen MR) is 74.9 cm³/mol. The highest BCUT2D eigenvalue weighted by Crippen LogP contribution is 2.29. The van der Waals surface area contributed by atoms with Crippen LogP contribution in [0.1, 0.15) is 11.3 Å². The number of rotatable bonds is 3. The Labute approximate surface area is 118 Å². The van der Waals surface area contributed by atoms with Crippen LogP contribution in [0.4, 0.5) is 5.69 Å². The van der Waals surface area contributed by atoms with Gasteiger partial charge >= 0.3 is 0 Å². The molecule has 0 aliphatic rings. The molecule has 0 unspecified atom stereocenters. The van der Waals surface area contributed by atoms with E-state index in [4.69, 9.17) is 27.6 Å². The highest BCUT2D eigenvalue weighted by Gasteiger charge is 2.07. The van der Waals surface area contributed by atoms with E-state index in [0.717, 1.165) is 21.5 Å². The molecule has 0 amide bonds. The molecule has 0 saturated carbocycles. The van der Waals surface area contributed by atoms with Crippen LogP contribution in [0.5, 0.6) is 0 Å². The second-order valence-electron chi connectivity index (χ2n) is 3.63. The summed E-state index contributed by atoms with van der Waals surface area (Å²) in [7, 11) is 0. The molecule has 90 valence electrons. The maximum absolute atomic E-state index is 6.12. The highest BCUT2D eigenvalue weighted by atomic mass is 79.9. The van der Waals surface area contributed by atoms with Gasteiger partial charge in [-0.15, -0.1) is 0 Å². The largest absolute Gasteiger partial charge is 0.466 e. The van der Waals surface area contributed by atoms with Crippen molar-refractivity contribution in [1.29, 1.82) is 0 Å². The van der Waals surface area contributed by atoms with Crippen molar-refractivity contribution < 1.29 is 4.42 Å². The van der Waals surface area contributed by atoms with E-state index in [-0.39, 0.29) is 0 Å². The number of hydrogen-bond acceptors (Lipinski definition) is 2. The average molecular weight is 335 g/mol. The van der Waals surface area contributed by atoms with Gasteiger partial charge in [-0.3, -0.25) is 0 Å². The molecule has 2 nitrogen and oxygen atoms in total. The van der Waals surface area contributed by atoms with Gasteiger partial charge in [0, 0.05) is 5.02 Å². The van der Waals surface area contributed by atoms with Gasteiger partial charge in [0.15, 0.2) is 0 Å². The van der Waals surface area contributed by atoms with Crippen LogP contribution in [0.3, 0.4) is 0 Å². The minimum atomic E-state index is 0.548. The molecule has 0 fully saturated rings. The number of hydrogen-bond donors (Lipinski definition) is 1. The highest BCUT2D eigenvalue weighted by molar-refractivity contribution is 9.10. The molecule has 1 aromatic heterocycles. The number of benzene rings is 1. The van der Waals surface area contributed by atoms with Crippen molar-refractivity contribution in [1.82, 2.24) is 0 Å². The first kappa shape index (κ1) is 12.8. The number of aryl methyl sites for hydroxylation is 1. The molecular weight excluding hydrogens is 325 g/mol. The topological polar surface area (TPSA) is 25.2 Å². The minimum Gasteiger partial charge on any atom is -0.466 e.